The summed E-state index contributed by atoms with van der Waals surface area (Å²) >= 11 is 0. The van der Waals surface area contributed by atoms with Gasteiger partial charge >= 0.3 is 0 Å². The van der Waals surface area contributed by atoms with E-state index in [0.29, 0.717) is 0 Å². The lowest BCUT2D eigenvalue weighted by Gasteiger charge is -2.07. The average molecular weight is 142 g/mol. The van der Waals surface area contributed by atoms with Crippen LogP contribution in [-0.4, -0.2) is 5.03 Å². The van der Waals surface area contributed by atoms with Crippen molar-refractivity contribution in [3.8, 4) is 0 Å². The molecule has 0 saturated heterocycles. The Labute approximate surface area is 64.6 Å². The summed E-state index contributed by atoms with van der Waals surface area (Å²) in [5, 5.41) is 8.98. The molecule has 0 aliphatic heterocycles. The molecule has 0 atom stereocenters. The molecule has 0 aliphatic rings. The molecule has 1 aromatic carbocycles. The fourth-order valence-corrected chi connectivity index (χ4v) is 0.375. The van der Waals surface area contributed by atoms with Crippen molar-refractivity contribution in [2.24, 2.45) is 0 Å². The van der Waals surface area contributed by atoms with Gasteiger partial charge in [0.2, 0.25) is 0 Å². The Hall–Kier alpha value is -1.58. The molecular weight excluding hydrogens is 132 g/mol. The normalized spacial score (nSPS) is 15.8. The zero-order valence-electron chi connectivity index (χ0n) is 9.71. The highest BCUT2D eigenvalue weighted by Crippen LogP contribution is 2.15. The topological polar surface area (TPSA) is 57.2 Å². The van der Waals surface area contributed by atoms with E-state index in [4.69, 9.17) is 6.85 Å². The van der Waals surface area contributed by atoms with Crippen molar-refractivity contribution in [2.75, 3.05) is 0 Å². The Morgan fingerprint density at radius 2 is 2.10 bits per heavy atom. The molecule has 0 N–H and O–H groups in total. The third kappa shape index (κ3) is 1.74. The van der Waals surface area contributed by atoms with Crippen LogP contribution in [0.4, 0.5) is 5.69 Å². The van der Waals surface area contributed by atoms with Gasteiger partial charge in [-0.2, -0.15) is 0 Å². The van der Waals surface area contributed by atoms with Crippen molar-refractivity contribution in [3.63, 3.8) is 0 Å². The van der Waals surface area contributed by atoms with E-state index < -0.39 is 40.9 Å². The number of hydrogen-bond donors (Lipinski definition) is 0. The van der Waals surface area contributed by atoms with Gasteiger partial charge in [-0.15, -0.1) is 0 Å². The van der Waals surface area contributed by atoms with Crippen LogP contribution < -0.4 is 0 Å². The molecule has 10 heavy (non-hydrogen) atoms. The monoisotopic (exact) mass is 142 g/mol. The highest BCUT2D eigenvalue weighted by Gasteiger charge is 1.80. The molecule has 0 unspecified atom stereocenters. The summed E-state index contributed by atoms with van der Waals surface area (Å²) in [7, 11) is 0. The molecular formula is C6H5N2O2-. The van der Waals surface area contributed by atoms with Gasteiger partial charge in [-0.25, -0.2) is 0 Å². The Kier molecular flexibility index (Phi) is 0.725. The van der Waals surface area contributed by atoms with Crippen LogP contribution in [0.25, 0.3) is 5.43 Å². The van der Waals surface area contributed by atoms with Crippen molar-refractivity contribution in [1.82, 2.24) is 0 Å². The Morgan fingerprint density at radius 1 is 1.50 bits per heavy atom. The first kappa shape index (κ1) is 2.57. The predicted octanol–water partition coefficient (Wildman–Crippen LogP) is 1.88. The maximum absolute atomic E-state index is 10.1. The standard InChI is InChI=1S/C6H5N2O2/c9-8(10)7-6-4-2-1-3-5-6/h1-5H/q-1/i1D,2D,3D,4D,5D. The molecule has 0 fully saturated rings. The zero-order valence-corrected chi connectivity index (χ0v) is 4.71. The molecule has 1 aromatic rings. The molecule has 4 nitrogen and oxygen atoms in total. The van der Waals surface area contributed by atoms with E-state index in [9.17, 15) is 10.1 Å². The van der Waals surface area contributed by atoms with E-state index in [-0.39, 0.29) is 0 Å². The van der Waals surface area contributed by atoms with E-state index in [1.54, 1.807) is 0 Å². The van der Waals surface area contributed by atoms with Crippen molar-refractivity contribution in [2.45, 2.75) is 0 Å². The number of benzene rings is 1. The van der Waals surface area contributed by atoms with Crippen LogP contribution in [-0.2, 0) is 0 Å². The van der Waals surface area contributed by atoms with E-state index in [1.807, 2.05) is 0 Å². The molecule has 0 heterocycles. The fourth-order valence-electron chi connectivity index (χ4n) is 0.375. The van der Waals surface area contributed by atoms with E-state index in [2.05, 4.69) is 5.43 Å². The summed E-state index contributed by atoms with van der Waals surface area (Å²) < 4.78 is 36.1. The van der Waals surface area contributed by atoms with E-state index >= 15 is 0 Å². The average Bonchev–Trinajstić information content (AvgIpc) is 2.18. The Morgan fingerprint density at radius 3 is 2.60 bits per heavy atom. The summed E-state index contributed by atoms with van der Waals surface area (Å²) in [5.41, 5.74) is 2.08. The van der Waals surface area contributed by atoms with Crippen LogP contribution in [0.2, 0.25) is 0 Å². The van der Waals surface area contributed by atoms with Crippen LogP contribution in [0.1, 0.15) is 6.85 Å². The number of nitro groups is 1. The molecule has 0 bridgehead atoms. The minimum atomic E-state index is -1.10. The van der Waals surface area contributed by atoms with Crippen molar-refractivity contribution in [1.29, 1.82) is 0 Å². The molecule has 0 radical (unpaired) electrons. The lowest BCUT2D eigenvalue weighted by atomic mass is 10.3. The van der Waals surface area contributed by atoms with Crippen molar-refractivity contribution in [3.05, 3.63) is 45.8 Å². The maximum Gasteiger partial charge on any atom is 0.0623 e. The predicted molar refractivity (Wildman–Crippen MR) is 36.5 cm³/mol. The lowest BCUT2D eigenvalue weighted by Crippen LogP contribution is -1.84. The second-order valence-electron chi connectivity index (χ2n) is 1.31. The van der Waals surface area contributed by atoms with Crippen LogP contribution in [0.15, 0.2) is 30.2 Å². The van der Waals surface area contributed by atoms with Gasteiger partial charge in [-0.05, 0) is 5.03 Å². The second-order valence-corrected chi connectivity index (χ2v) is 1.31. The van der Waals surface area contributed by atoms with Gasteiger partial charge in [0, 0.05) is 0 Å². The first-order valence-corrected chi connectivity index (χ1v) is 2.29. The summed E-state index contributed by atoms with van der Waals surface area (Å²) in [5.74, 6) is 0. The Balaban J connectivity index is 3.45. The molecule has 52 valence electrons. The highest BCUT2D eigenvalue weighted by atomic mass is 16.7. The molecule has 1 rings (SSSR count). The number of nitrogens with zero attached hydrogens (tertiary/aromatic N) is 2. The van der Waals surface area contributed by atoms with Crippen LogP contribution in [0.5, 0.6) is 0 Å². The SMILES string of the molecule is [2H]c1c([2H])c([2H])c([N-][N+](=O)[O-])c([2H])c1[2H]. The van der Waals surface area contributed by atoms with Gasteiger partial charge in [0.05, 0.1) is 6.85 Å². The Bertz CT molecular complexity index is 407. The lowest BCUT2D eigenvalue weighted by molar-refractivity contribution is -0.418. The summed E-state index contributed by atoms with van der Waals surface area (Å²) in [6.45, 7) is 0. The summed E-state index contributed by atoms with van der Waals surface area (Å²) in [4.78, 5) is 10.1. The van der Waals surface area contributed by atoms with E-state index in [0.717, 1.165) is 0 Å². The van der Waals surface area contributed by atoms with Gasteiger partial charge in [0.15, 0.2) is 0 Å². The van der Waals surface area contributed by atoms with Gasteiger partial charge in [-0.3, -0.25) is 10.1 Å². The maximum atomic E-state index is 10.1. The first-order chi connectivity index (χ1) is 6.86. The first-order valence-electron chi connectivity index (χ1n) is 4.79. The largest absolute Gasteiger partial charge is 0.349 e. The van der Waals surface area contributed by atoms with Gasteiger partial charge in [0.25, 0.3) is 0 Å². The van der Waals surface area contributed by atoms with Gasteiger partial charge < -0.3 is 5.43 Å². The molecule has 0 aromatic heterocycles. The molecule has 0 amide bonds. The fraction of sp³-hybridized carbons (Fsp3) is 0. The van der Waals surface area contributed by atoms with Crippen molar-refractivity contribution < 1.29 is 11.9 Å². The molecule has 4 heteroatoms. The number of rotatable bonds is 2. The van der Waals surface area contributed by atoms with Crippen LogP contribution in [0.3, 0.4) is 0 Å². The molecule has 0 spiro atoms. The quantitative estimate of drug-likeness (QED) is 0.467. The van der Waals surface area contributed by atoms with Crippen LogP contribution in [0, 0.1) is 10.1 Å². The smallest absolute Gasteiger partial charge is 0.0623 e. The van der Waals surface area contributed by atoms with Crippen molar-refractivity contribution >= 4 is 5.69 Å². The third-order valence-electron chi connectivity index (χ3n) is 0.668. The highest BCUT2D eigenvalue weighted by molar-refractivity contribution is 5.43. The van der Waals surface area contributed by atoms with Gasteiger partial charge in [-0.1, -0.05) is 35.9 Å². The third-order valence-corrected chi connectivity index (χ3v) is 0.668. The van der Waals surface area contributed by atoms with E-state index in [1.165, 1.54) is 0 Å². The second kappa shape index (κ2) is 2.82. The van der Waals surface area contributed by atoms with Gasteiger partial charge in [0.1, 0.15) is 0 Å². The molecule has 0 saturated carbocycles. The zero-order chi connectivity index (χ0) is 11.7. The number of hydrogen-bond acceptors (Lipinski definition) is 2. The minimum absolute atomic E-state index is 0.604. The summed E-state index contributed by atoms with van der Waals surface area (Å²) in [6, 6.07) is -3.25. The summed E-state index contributed by atoms with van der Waals surface area (Å²) in [6.07, 6.45) is 0. The van der Waals surface area contributed by atoms with Crippen LogP contribution >= 0.6 is 0 Å². The minimum Gasteiger partial charge on any atom is -0.349 e. The molecule has 0 aliphatic carbocycles.